The molecule has 0 saturated heterocycles. The molecule has 0 spiro atoms. The van der Waals surface area contributed by atoms with Gasteiger partial charge in [-0.2, -0.15) is 9.78 Å². The summed E-state index contributed by atoms with van der Waals surface area (Å²) in [5.74, 6) is 2.22. The van der Waals surface area contributed by atoms with Gasteiger partial charge in [0.25, 0.3) is 0 Å². The second kappa shape index (κ2) is 6.15. The van der Waals surface area contributed by atoms with Gasteiger partial charge in [0.05, 0.1) is 11.4 Å². The zero-order valence-electron chi connectivity index (χ0n) is 13.2. The Morgan fingerprint density at radius 1 is 1.30 bits per heavy atom. The topological polar surface area (TPSA) is 102 Å². The monoisotopic (exact) mass is 336 g/mol. The molecule has 2 heterocycles. The maximum absolute atomic E-state index is 12.3. The predicted molar refractivity (Wildman–Crippen MR) is 88.2 cm³/mol. The number of nitrogens with one attached hydrogen (secondary N) is 2. The van der Waals surface area contributed by atoms with Crippen molar-refractivity contribution in [2.24, 2.45) is 5.92 Å². The molecule has 0 amide bonds. The highest BCUT2D eigenvalue weighted by Gasteiger charge is 2.24. The lowest BCUT2D eigenvalue weighted by molar-refractivity contribution is 0.595. The lowest BCUT2D eigenvalue weighted by Crippen LogP contribution is -2.19. The largest absolute Gasteiger partial charge is 0.373 e. The molecule has 0 bridgehead atoms. The molecule has 23 heavy (non-hydrogen) atoms. The van der Waals surface area contributed by atoms with E-state index in [1.807, 2.05) is 0 Å². The fourth-order valence-corrected chi connectivity index (χ4v) is 3.49. The average molecular weight is 336 g/mol. The fraction of sp³-hybridized carbons (Fsp3) is 0.500. The Labute approximate surface area is 135 Å². The van der Waals surface area contributed by atoms with Crippen LogP contribution < -0.4 is 10.0 Å². The summed E-state index contributed by atoms with van der Waals surface area (Å²) >= 11 is 0. The normalized spacial score (nSPS) is 14.7. The number of hydrogen-bond donors (Lipinski definition) is 2. The van der Waals surface area contributed by atoms with Crippen LogP contribution in [0, 0.1) is 12.8 Å². The van der Waals surface area contributed by atoms with Crippen molar-refractivity contribution in [1.29, 1.82) is 0 Å². The van der Waals surface area contributed by atoms with Crippen LogP contribution in [0.25, 0.3) is 5.82 Å². The first-order valence-corrected chi connectivity index (χ1v) is 9.19. The van der Waals surface area contributed by atoms with Crippen molar-refractivity contribution in [3.63, 3.8) is 0 Å². The van der Waals surface area contributed by atoms with Crippen molar-refractivity contribution in [2.75, 3.05) is 22.8 Å². The Morgan fingerprint density at radius 3 is 2.78 bits per heavy atom. The van der Waals surface area contributed by atoms with E-state index in [1.165, 1.54) is 11.0 Å². The van der Waals surface area contributed by atoms with Crippen molar-refractivity contribution in [1.82, 2.24) is 19.7 Å². The van der Waals surface area contributed by atoms with Gasteiger partial charge < -0.3 is 5.32 Å². The van der Waals surface area contributed by atoms with Gasteiger partial charge in [-0.1, -0.05) is 12.8 Å². The van der Waals surface area contributed by atoms with Gasteiger partial charge in [0.15, 0.2) is 5.82 Å². The van der Waals surface area contributed by atoms with Gasteiger partial charge in [-0.25, -0.2) is 18.4 Å². The minimum atomic E-state index is -3.39. The van der Waals surface area contributed by atoms with Crippen molar-refractivity contribution in [2.45, 2.75) is 26.2 Å². The summed E-state index contributed by atoms with van der Waals surface area (Å²) in [6, 6.07) is 3.39. The quantitative estimate of drug-likeness (QED) is 0.795. The van der Waals surface area contributed by atoms with Gasteiger partial charge in [0, 0.05) is 19.2 Å². The molecule has 1 aliphatic carbocycles. The fourth-order valence-electron chi connectivity index (χ4n) is 2.29. The minimum Gasteiger partial charge on any atom is -0.373 e. The van der Waals surface area contributed by atoms with Gasteiger partial charge in [-0.3, -0.25) is 4.72 Å². The molecular formula is C14H20N6O2S. The summed E-state index contributed by atoms with van der Waals surface area (Å²) in [6.07, 6.45) is 4.39. The third-order valence-corrected chi connectivity index (χ3v) is 5.00. The first-order valence-electron chi connectivity index (χ1n) is 7.54. The van der Waals surface area contributed by atoms with E-state index in [-0.39, 0.29) is 5.75 Å². The zero-order valence-corrected chi connectivity index (χ0v) is 14.0. The van der Waals surface area contributed by atoms with E-state index in [0.29, 0.717) is 35.5 Å². The molecule has 1 aliphatic rings. The number of aryl methyl sites for hydroxylation is 1. The summed E-state index contributed by atoms with van der Waals surface area (Å²) in [4.78, 5) is 8.21. The molecule has 0 unspecified atom stereocenters. The van der Waals surface area contributed by atoms with Gasteiger partial charge in [0.2, 0.25) is 10.0 Å². The number of nitrogens with zero attached hydrogens (tertiary/aromatic N) is 4. The average Bonchev–Trinajstić information content (AvgIpc) is 3.28. The SMILES string of the molecule is CNc1cc(-n2nc(C)cc2NS(=O)(=O)CCC2CC2)ncn1. The lowest BCUT2D eigenvalue weighted by Gasteiger charge is -2.10. The molecule has 0 atom stereocenters. The van der Waals surface area contributed by atoms with E-state index in [2.05, 4.69) is 25.1 Å². The minimum absolute atomic E-state index is 0.132. The van der Waals surface area contributed by atoms with Crippen LogP contribution in [0.15, 0.2) is 18.5 Å². The Hall–Kier alpha value is -2.16. The van der Waals surface area contributed by atoms with E-state index in [0.717, 1.165) is 12.8 Å². The van der Waals surface area contributed by atoms with Crippen molar-refractivity contribution >= 4 is 21.7 Å². The first kappa shape index (κ1) is 15.7. The Bertz CT molecular complexity index is 797. The molecule has 124 valence electrons. The van der Waals surface area contributed by atoms with Gasteiger partial charge in [-0.05, 0) is 19.3 Å². The molecule has 1 fully saturated rings. The van der Waals surface area contributed by atoms with Gasteiger partial charge >= 0.3 is 0 Å². The van der Waals surface area contributed by atoms with Crippen molar-refractivity contribution < 1.29 is 8.42 Å². The predicted octanol–water partition coefficient (Wildman–Crippen LogP) is 1.55. The second-order valence-corrected chi connectivity index (χ2v) is 7.59. The Morgan fingerprint density at radius 2 is 2.09 bits per heavy atom. The zero-order chi connectivity index (χ0) is 16.4. The van der Waals surface area contributed by atoms with Gasteiger partial charge in [0.1, 0.15) is 18.0 Å². The number of anilines is 2. The van der Waals surface area contributed by atoms with Crippen LogP contribution in [0.2, 0.25) is 0 Å². The highest BCUT2D eigenvalue weighted by atomic mass is 32.2. The summed E-state index contributed by atoms with van der Waals surface area (Å²) in [6.45, 7) is 1.80. The number of aromatic nitrogens is 4. The third kappa shape index (κ3) is 3.98. The lowest BCUT2D eigenvalue weighted by atomic mass is 10.3. The van der Waals surface area contributed by atoms with E-state index in [4.69, 9.17) is 0 Å². The van der Waals surface area contributed by atoms with Crippen molar-refractivity contribution in [3.8, 4) is 5.82 Å². The van der Waals surface area contributed by atoms with Crippen LogP contribution in [0.1, 0.15) is 25.0 Å². The molecule has 2 aromatic heterocycles. The molecule has 0 aliphatic heterocycles. The number of rotatable bonds is 7. The van der Waals surface area contributed by atoms with Crippen LogP contribution in [-0.4, -0.2) is 41.0 Å². The van der Waals surface area contributed by atoms with Crippen molar-refractivity contribution in [3.05, 3.63) is 24.2 Å². The molecule has 0 radical (unpaired) electrons. The van der Waals surface area contributed by atoms with Gasteiger partial charge in [-0.15, -0.1) is 0 Å². The molecule has 1 saturated carbocycles. The maximum atomic E-state index is 12.3. The van der Waals surface area contributed by atoms with Crippen LogP contribution in [0.5, 0.6) is 0 Å². The summed E-state index contributed by atoms with van der Waals surface area (Å²) < 4.78 is 28.6. The first-order chi connectivity index (χ1) is 11.0. The molecule has 2 aromatic rings. The molecular weight excluding hydrogens is 316 g/mol. The Balaban J connectivity index is 1.84. The summed E-state index contributed by atoms with van der Waals surface area (Å²) in [7, 11) is -1.64. The van der Waals surface area contributed by atoms with Crippen LogP contribution >= 0.6 is 0 Å². The Kier molecular flexibility index (Phi) is 4.20. The van der Waals surface area contributed by atoms with E-state index < -0.39 is 10.0 Å². The number of hydrogen-bond acceptors (Lipinski definition) is 6. The summed E-state index contributed by atoms with van der Waals surface area (Å²) in [5, 5.41) is 7.24. The number of sulfonamides is 1. The summed E-state index contributed by atoms with van der Waals surface area (Å²) in [5.41, 5.74) is 0.703. The molecule has 0 aromatic carbocycles. The third-order valence-electron chi connectivity index (χ3n) is 3.71. The molecule has 9 heteroatoms. The molecule has 8 nitrogen and oxygen atoms in total. The van der Waals surface area contributed by atoms with E-state index in [1.54, 1.807) is 26.1 Å². The van der Waals surface area contributed by atoms with Crippen LogP contribution in [0.3, 0.4) is 0 Å². The highest BCUT2D eigenvalue weighted by molar-refractivity contribution is 7.92. The molecule has 3 rings (SSSR count). The van der Waals surface area contributed by atoms with E-state index >= 15 is 0 Å². The molecule has 2 N–H and O–H groups in total. The highest BCUT2D eigenvalue weighted by Crippen LogP contribution is 2.32. The standard InChI is InChI=1S/C14H20N6O2S/c1-10-7-14(19-23(21,22)6-5-11-3-4-11)20(18-10)13-8-12(15-2)16-9-17-13/h7-9,11,19H,3-6H2,1-2H3,(H,15,16,17). The van der Waals surface area contributed by atoms with E-state index in [9.17, 15) is 8.42 Å². The smallest absolute Gasteiger partial charge is 0.233 e. The maximum Gasteiger partial charge on any atom is 0.233 e. The van der Waals surface area contributed by atoms with Crippen LogP contribution in [-0.2, 0) is 10.0 Å². The van der Waals surface area contributed by atoms with Crippen LogP contribution in [0.4, 0.5) is 11.6 Å². The second-order valence-electron chi connectivity index (χ2n) is 5.75.